The molecule has 8 nitrogen and oxygen atoms in total. The molecular weight excluding hydrogens is 469 g/mol. The molecule has 0 aliphatic carbocycles. The molecule has 10 heteroatoms. The molecule has 0 atom stereocenters. The summed E-state index contributed by atoms with van der Waals surface area (Å²) in [5.74, 6) is -0.852. The Hall–Kier alpha value is -4.31. The van der Waals surface area contributed by atoms with Gasteiger partial charge >= 0.3 is 0 Å². The lowest BCUT2D eigenvalue weighted by Crippen LogP contribution is -2.27. The number of para-hydroxylation sites is 2. The number of nitrogens with one attached hydrogen (secondary N) is 1. The molecule has 0 aliphatic rings. The number of carbonyl (C=O) groups excluding carboxylic acids is 1. The molecule has 176 valence electrons. The molecule has 0 saturated heterocycles. The minimum atomic E-state index is -4.00. The Balaban J connectivity index is 1.57. The van der Waals surface area contributed by atoms with Gasteiger partial charge in [0.1, 0.15) is 22.0 Å². The van der Waals surface area contributed by atoms with Crippen molar-refractivity contribution in [3.8, 4) is 0 Å². The number of amides is 1. The number of aromatic nitrogens is 3. The fraction of sp³-hybridized carbons (Fsp3) is 0.0800. The van der Waals surface area contributed by atoms with Crippen molar-refractivity contribution >= 4 is 43.8 Å². The van der Waals surface area contributed by atoms with Crippen molar-refractivity contribution in [1.82, 2.24) is 19.9 Å². The van der Waals surface area contributed by atoms with Crippen LogP contribution in [0.25, 0.3) is 22.2 Å². The predicted octanol–water partition coefficient (Wildman–Crippen LogP) is 3.57. The number of hydrogen-bond donors (Lipinski definition) is 2. The maximum Gasteiger partial charge on any atom is 0.251 e. The summed E-state index contributed by atoms with van der Waals surface area (Å²) < 4.78 is 41.8. The predicted molar refractivity (Wildman–Crippen MR) is 130 cm³/mol. The lowest BCUT2D eigenvalue weighted by Gasteiger charge is -2.10. The SMILES string of the molecule is Nc1c(S(=O)(=O)c2ccccc2)c2nc3ccccc3nc2n1CCNC(=O)c1ccc(F)cc1. The van der Waals surface area contributed by atoms with E-state index in [0.29, 0.717) is 22.2 Å². The van der Waals surface area contributed by atoms with Crippen molar-refractivity contribution in [2.75, 3.05) is 12.3 Å². The molecular formula is C25H20FN5O3S. The fourth-order valence-electron chi connectivity index (χ4n) is 3.88. The number of halogens is 1. The average molecular weight is 490 g/mol. The molecule has 3 aromatic carbocycles. The summed E-state index contributed by atoms with van der Waals surface area (Å²) in [7, 11) is -4.00. The van der Waals surface area contributed by atoms with Gasteiger partial charge in [0, 0.05) is 18.7 Å². The van der Waals surface area contributed by atoms with E-state index in [2.05, 4.69) is 15.3 Å². The van der Waals surface area contributed by atoms with Gasteiger partial charge in [0.2, 0.25) is 9.84 Å². The zero-order valence-corrected chi connectivity index (χ0v) is 19.2. The van der Waals surface area contributed by atoms with Gasteiger partial charge in [-0.2, -0.15) is 0 Å². The molecule has 0 bridgehead atoms. The van der Waals surface area contributed by atoms with E-state index < -0.39 is 21.6 Å². The number of nitrogens with zero attached hydrogens (tertiary/aromatic N) is 3. The van der Waals surface area contributed by atoms with Crippen LogP contribution in [0, 0.1) is 5.82 Å². The molecule has 5 rings (SSSR count). The van der Waals surface area contributed by atoms with Crippen LogP contribution < -0.4 is 11.1 Å². The van der Waals surface area contributed by atoms with E-state index in [-0.39, 0.29) is 34.2 Å². The maximum atomic E-state index is 13.6. The highest BCUT2D eigenvalue weighted by Gasteiger charge is 2.30. The second-order valence-corrected chi connectivity index (χ2v) is 9.72. The summed E-state index contributed by atoms with van der Waals surface area (Å²) in [6, 6.07) is 20.3. The molecule has 0 unspecified atom stereocenters. The van der Waals surface area contributed by atoms with E-state index in [4.69, 9.17) is 5.73 Å². The second-order valence-electron chi connectivity index (χ2n) is 7.83. The van der Waals surface area contributed by atoms with Gasteiger partial charge in [-0.1, -0.05) is 30.3 Å². The summed E-state index contributed by atoms with van der Waals surface area (Å²) >= 11 is 0. The summed E-state index contributed by atoms with van der Waals surface area (Å²) in [6.45, 7) is 0.274. The number of nitrogens with two attached hydrogens (primary N) is 1. The van der Waals surface area contributed by atoms with Crippen LogP contribution in [0.1, 0.15) is 10.4 Å². The van der Waals surface area contributed by atoms with Crippen molar-refractivity contribution in [1.29, 1.82) is 0 Å². The van der Waals surface area contributed by atoms with E-state index in [1.54, 1.807) is 36.4 Å². The number of hydrogen-bond acceptors (Lipinski definition) is 6. The Morgan fingerprint density at radius 2 is 1.54 bits per heavy atom. The summed E-state index contributed by atoms with van der Waals surface area (Å²) in [6.07, 6.45) is 0. The van der Waals surface area contributed by atoms with Crippen LogP contribution in [-0.4, -0.2) is 35.4 Å². The van der Waals surface area contributed by atoms with E-state index in [9.17, 15) is 17.6 Å². The minimum Gasteiger partial charge on any atom is -0.384 e. The fourth-order valence-corrected chi connectivity index (χ4v) is 5.41. The zero-order valence-electron chi connectivity index (χ0n) is 18.3. The van der Waals surface area contributed by atoms with Gasteiger partial charge in [0.05, 0.1) is 15.9 Å². The first kappa shape index (κ1) is 22.5. The number of carbonyl (C=O) groups is 1. The van der Waals surface area contributed by atoms with Crippen molar-refractivity contribution < 1.29 is 17.6 Å². The van der Waals surface area contributed by atoms with Crippen molar-refractivity contribution in [3.63, 3.8) is 0 Å². The number of rotatable bonds is 6. The third-order valence-electron chi connectivity index (χ3n) is 5.60. The monoisotopic (exact) mass is 489 g/mol. The Morgan fingerprint density at radius 1 is 0.914 bits per heavy atom. The van der Waals surface area contributed by atoms with Gasteiger partial charge in [-0.3, -0.25) is 4.79 Å². The molecule has 0 saturated carbocycles. The molecule has 2 heterocycles. The van der Waals surface area contributed by atoms with Crippen LogP contribution in [0.15, 0.2) is 88.7 Å². The average Bonchev–Trinajstić information content (AvgIpc) is 3.14. The van der Waals surface area contributed by atoms with Crippen molar-refractivity contribution in [3.05, 3.63) is 90.2 Å². The Kier molecular flexibility index (Phi) is 5.65. The van der Waals surface area contributed by atoms with E-state index in [1.807, 2.05) is 6.07 Å². The normalized spacial score (nSPS) is 11.7. The summed E-state index contributed by atoms with van der Waals surface area (Å²) in [5, 5.41) is 2.74. The van der Waals surface area contributed by atoms with Gasteiger partial charge < -0.3 is 15.6 Å². The number of fused-ring (bicyclic) bond motifs is 2. The highest BCUT2D eigenvalue weighted by atomic mass is 32.2. The highest BCUT2D eigenvalue weighted by molar-refractivity contribution is 7.92. The largest absolute Gasteiger partial charge is 0.384 e. The molecule has 0 aliphatic heterocycles. The molecule has 2 aromatic heterocycles. The van der Waals surface area contributed by atoms with Crippen LogP contribution in [0.5, 0.6) is 0 Å². The standard InChI is InChI=1S/C25H20FN5O3S/c26-17-12-10-16(11-13-17)25(32)28-14-15-31-23(27)22(35(33,34)18-6-2-1-3-7-18)21-24(31)30-20-9-5-4-8-19(20)29-21/h1-13H,14-15,27H2,(H,28,32). The third-order valence-corrected chi connectivity index (χ3v) is 7.43. The van der Waals surface area contributed by atoms with Crippen LogP contribution in [0.3, 0.4) is 0 Å². The Bertz CT molecular complexity index is 1670. The molecule has 35 heavy (non-hydrogen) atoms. The van der Waals surface area contributed by atoms with Crippen LogP contribution in [-0.2, 0) is 16.4 Å². The number of anilines is 1. The van der Waals surface area contributed by atoms with E-state index in [1.165, 1.54) is 41.0 Å². The quantitative estimate of drug-likeness (QED) is 0.376. The molecule has 0 radical (unpaired) electrons. The topological polar surface area (TPSA) is 120 Å². The lowest BCUT2D eigenvalue weighted by atomic mass is 10.2. The van der Waals surface area contributed by atoms with Gasteiger partial charge in [0.15, 0.2) is 5.65 Å². The van der Waals surface area contributed by atoms with Crippen molar-refractivity contribution in [2.45, 2.75) is 16.3 Å². The maximum absolute atomic E-state index is 13.6. The molecule has 1 amide bonds. The van der Waals surface area contributed by atoms with Crippen LogP contribution in [0.2, 0.25) is 0 Å². The second kappa shape index (κ2) is 8.80. The minimum absolute atomic E-state index is 0.0183. The smallest absolute Gasteiger partial charge is 0.251 e. The lowest BCUT2D eigenvalue weighted by molar-refractivity contribution is 0.0952. The molecule has 0 fully saturated rings. The van der Waals surface area contributed by atoms with E-state index >= 15 is 0 Å². The number of sulfone groups is 1. The van der Waals surface area contributed by atoms with Crippen molar-refractivity contribution in [2.24, 2.45) is 0 Å². The first-order valence-electron chi connectivity index (χ1n) is 10.7. The third kappa shape index (κ3) is 4.08. The highest BCUT2D eigenvalue weighted by Crippen LogP contribution is 2.35. The number of benzene rings is 3. The van der Waals surface area contributed by atoms with Crippen LogP contribution in [0.4, 0.5) is 10.2 Å². The molecule has 0 spiro atoms. The number of nitrogen functional groups attached to an aromatic ring is 1. The van der Waals surface area contributed by atoms with E-state index in [0.717, 1.165) is 0 Å². The Morgan fingerprint density at radius 3 is 2.23 bits per heavy atom. The molecule has 3 N–H and O–H groups in total. The summed E-state index contributed by atoms with van der Waals surface area (Å²) in [5.41, 5.74) is 8.27. The Labute approximate surface area is 200 Å². The first-order valence-corrected chi connectivity index (χ1v) is 12.2. The van der Waals surface area contributed by atoms with Gasteiger partial charge in [-0.25, -0.2) is 22.8 Å². The van der Waals surface area contributed by atoms with Gasteiger partial charge in [-0.15, -0.1) is 0 Å². The summed E-state index contributed by atoms with van der Waals surface area (Å²) in [4.78, 5) is 21.6. The zero-order chi connectivity index (χ0) is 24.6. The first-order chi connectivity index (χ1) is 16.9. The molecule has 5 aromatic rings. The van der Waals surface area contributed by atoms with Gasteiger partial charge in [-0.05, 0) is 48.5 Å². The van der Waals surface area contributed by atoms with Gasteiger partial charge in [0.25, 0.3) is 5.91 Å². The van der Waals surface area contributed by atoms with Crippen LogP contribution >= 0.6 is 0 Å².